The fourth-order valence-electron chi connectivity index (χ4n) is 2.03. The van der Waals surface area contributed by atoms with Crippen LogP contribution in [0.4, 0.5) is 0 Å². The third kappa shape index (κ3) is 4.02. The van der Waals surface area contributed by atoms with Crippen LogP contribution in [-0.4, -0.2) is 9.55 Å². The lowest BCUT2D eigenvalue weighted by molar-refractivity contribution is 0.590. The molecule has 0 amide bonds. The van der Waals surface area contributed by atoms with Crippen LogP contribution in [-0.2, 0) is 17.7 Å². The summed E-state index contributed by atoms with van der Waals surface area (Å²) in [5.74, 6) is 0.797. The van der Waals surface area contributed by atoms with Crippen LogP contribution in [0.25, 0.3) is 0 Å². The Kier molecular flexibility index (Phi) is 5.50. The Labute approximate surface area is 144 Å². The van der Waals surface area contributed by atoms with E-state index in [1.807, 2.05) is 6.92 Å². The minimum atomic E-state index is -0.0249. The molecule has 0 N–H and O–H groups in total. The maximum absolute atomic E-state index is 12.0. The van der Waals surface area contributed by atoms with Crippen molar-refractivity contribution in [1.29, 1.82) is 0 Å². The summed E-state index contributed by atoms with van der Waals surface area (Å²) >= 11 is 4.94. The van der Waals surface area contributed by atoms with E-state index in [1.54, 1.807) is 22.7 Å². The fourth-order valence-corrected chi connectivity index (χ4v) is 3.53. The number of halogens is 1. The molecule has 2 aromatic rings. The highest BCUT2D eigenvalue weighted by Gasteiger charge is 2.13. The molecule has 1 heterocycles. The lowest BCUT2D eigenvalue weighted by atomic mass is 9.87. The van der Waals surface area contributed by atoms with Gasteiger partial charge in [-0.15, -0.1) is 11.8 Å². The van der Waals surface area contributed by atoms with E-state index >= 15 is 0 Å². The molecule has 1 aromatic carbocycles. The average Bonchev–Trinajstić information content (AvgIpc) is 2.48. The SMILES string of the molecule is CCn1cnc(SCc2ccc(C(C)(C)C)cc2)c(Br)c1=O. The maximum atomic E-state index is 12.0. The molecule has 0 radical (unpaired) electrons. The first-order valence-electron chi connectivity index (χ1n) is 7.30. The molecule has 0 atom stereocenters. The minimum Gasteiger partial charge on any atom is -0.299 e. The van der Waals surface area contributed by atoms with Crippen molar-refractivity contribution in [3.8, 4) is 0 Å². The van der Waals surface area contributed by atoms with Crippen LogP contribution in [0.1, 0.15) is 38.8 Å². The van der Waals surface area contributed by atoms with Crippen molar-refractivity contribution >= 4 is 27.7 Å². The third-order valence-corrected chi connectivity index (χ3v) is 5.52. The molecule has 0 fully saturated rings. The Morgan fingerprint density at radius 3 is 2.41 bits per heavy atom. The van der Waals surface area contributed by atoms with Gasteiger partial charge in [-0.2, -0.15) is 0 Å². The zero-order valence-corrected chi connectivity index (χ0v) is 15.8. The number of aryl methyl sites for hydroxylation is 1. The van der Waals surface area contributed by atoms with Crippen LogP contribution >= 0.6 is 27.7 Å². The van der Waals surface area contributed by atoms with E-state index in [2.05, 4.69) is 66.0 Å². The number of nitrogens with zero attached hydrogens (tertiary/aromatic N) is 2. The molecule has 0 bridgehead atoms. The second-order valence-corrected chi connectivity index (χ2v) is 7.95. The van der Waals surface area contributed by atoms with Gasteiger partial charge in [0.05, 0.1) is 6.33 Å². The van der Waals surface area contributed by atoms with Gasteiger partial charge in [-0.3, -0.25) is 9.36 Å². The molecular weight excluding hydrogens is 360 g/mol. The summed E-state index contributed by atoms with van der Waals surface area (Å²) in [7, 11) is 0. The maximum Gasteiger partial charge on any atom is 0.268 e. The number of aromatic nitrogens is 2. The Morgan fingerprint density at radius 2 is 1.86 bits per heavy atom. The summed E-state index contributed by atoms with van der Waals surface area (Å²) in [5, 5.41) is 0.745. The zero-order chi connectivity index (χ0) is 16.3. The van der Waals surface area contributed by atoms with Gasteiger partial charge >= 0.3 is 0 Å². The molecule has 0 spiro atoms. The fraction of sp³-hybridized carbons (Fsp3) is 0.412. The van der Waals surface area contributed by atoms with Crippen molar-refractivity contribution in [3.05, 3.63) is 56.5 Å². The second kappa shape index (κ2) is 7.01. The number of rotatable bonds is 4. The molecule has 0 aliphatic carbocycles. The molecule has 0 saturated carbocycles. The Hall–Kier alpha value is -1.07. The van der Waals surface area contributed by atoms with Crippen LogP contribution in [0.2, 0.25) is 0 Å². The van der Waals surface area contributed by atoms with Gasteiger partial charge in [0.25, 0.3) is 5.56 Å². The lowest BCUT2D eigenvalue weighted by Gasteiger charge is -2.19. The highest BCUT2D eigenvalue weighted by atomic mass is 79.9. The van der Waals surface area contributed by atoms with Crippen molar-refractivity contribution in [2.45, 2.75) is 50.4 Å². The molecule has 3 nitrogen and oxygen atoms in total. The van der Waals surface area contributed by atoms with E-state index in [9.17, 15) is 4.79 Å². The first-order valence-corrected chi connectivity index (χ1v) is 9.08. The first kappa shape index (κ1) is 17.3. The topological polar surface area (TPSA) is 34.9 Å². The molecule has 0 aliphatic rings. The van der Waals surface area contributed by atoms with Crippen LogP contribution in [0.3, 0.4) is 0 Å². The molecule has 0 aliphatic heterocycles. The number of hydrogen-bond acceptors (Lipinski definition) is 3. The van der Waals surface area contributed by atoms with Gasteiger partial charge in [0.15, 0.2) is 0 Å². The zero-order valence-electron chi connectivity index (χ0n) is 13.4. The molecular formula is C17H21BrN2OS. The van der Waals surface area contributed by atoms with E-state index in [-0.39, 0.29) is 11.0 Å². The molecule has 0 saturated heterocycles. The van der Waals surface area contributed by atoms with Crippen LogP contribution in [0.15, 0.2) is 44.9 Å². The number of hydrogen-bond donors (Lipinski definition) is 0. The van der Waals surface area contributed by atoms with E-state index in [4.69, 9.17) is 0 Å². The van der Waals surface area contributed by atoms with Gasteiger partial charge in [-0.05, 0) is 39.4 Å². The van der Waals surface area contributed by atoms with Gasteiger partial charge < -0.3 is 0 Å². The summed E-state index contributed by atoms with van der Waals surface area (Å²) in [6.07, 6.45) is 1.61. The molecule has 1 aromatic heterocycles. The van der Waals surface area contributed by atoms with E-state index in [1.165, 1.54) is 11.1 Å². The molecule has 5 heteroatoms. The van der Waals surface area contributed by atoms with E-state index in [0.717, 1.165) is 10.8 Å². The predicted molar refractivity (Wildman–Crippen MR) is 96.6 cm³/mol. The van der Waals surface area contributed by atoms with Gasteiger partial charge in [-0.1, -0.05) is 45.0 Å². The monoisotopic (exact) mass is 380 g/mol. The Morgan fingerprint density at radius 1 is 1.23 bits per heavy atom. The van der Waals surface area contributed by atoms with Crippen molar-refractivity contribution < 1.29 is 0 Å². The van der Waals surface area contributed by atoms with Crippen molar-refractivity contribution in [2.24, 2.45) is 0 Å². The highest BCUT2D eigenvalue weighted by molar-refractivity contribution is 9.10. The van der Waals surface area contributed by atoms with Gasteiger partial charge in [0.2, 0.25) is 0 Å². The molecule has 2 rings (SSSR count). The first-order chi connectivity index (χ1) is 10.3. The summed E-state index contributed by atoms with van der Waals surface area (Å²) in [6.45, 7) is 9.18. The smallest absolute Gasteiger partial charge is 0.268 e. The molecule has 22 heavy (non-hydrogen) atoms. The minimum absolute atomic E-state index is 0.0249. The van der Waals surface area contributed by atoms with E-state index < -0.39 is 0 Å². The summed E-state index contributed by atoms with van der Waals surface area (Å²) in [5.41, 5.74) is 2.70. The van der Waals surface area contributed by atoms with Gasteiger partial charge in [0.1, 0.15) is 9.50 Å². The highest BCUT2D eigenvalue weighted by Crippen LogP contribution is 2.27. The third-order valence-electron chi connectivity index (χ3n) is 3.49. The van der Waals surface area contributed by atoms with Gasteiger partial charge in [-0.25, -0.2) is 4.98 Å². The van der Waals surface area contributed by atoms with Crippen LogP contribution < -0.4 is 5.56 Å². The predicted octanol–water partition coefficient (Wildman–Crippen LogP) is 4.62. The van der Waals surface area contributed by atoms with Crippen LogP contribution in [0.5, 0.6) is 0 Å². The average molecular weight is 381 g/mol. The Balaban J connectivity index is 2.11. The second-order valence-electron chi connectivity index (χ2n) is 6.19. The van der Waals surface area contributed by atoms with Crippen molar-refractivity contribution in [2.75, 3.05) is 0 Å². The van der Waals surface area contributed by atoms with Crippen LogP contribution in [0, 0.1) is 0 Å². The summed E-state index contributed by atoms with van der Waals surface area (Å²) in [4.78, 5) is 16.4. The molecule has 0 unspecified atom stereocenters. The number of thioether (sulfide) groups is 1. The summed E-state index contributed by atoms with van der Waals surface area (Å²) in [6, 6.07) is 8.64. The van der Waals surface area contributed by atoms with Crippen molar-refractivity contribution in [1.82, 2.24) is 9.55 Å². The molecule has 118 valence electrons. The number of benzene rings is 1. The quantitative estimate of drug-likeness (QED) is 0.573. The lowest BCUT2D eigenvalue weighted by Crippen LogP contribution is -2.20. The van der Waals surface area contributed by atoms with Gasteiger partial charge in [0, 0.05) is 12.3 Å². The summed E-state index contributed by atoms with van der Waals surface area (Å²) < 4.78 is 2.14. The standard InChI is InChI=1S/C17H21BrN2OS/c1-5-20-11-19-15(14(18)16(20)21)22-10-12-6-8-13(9-7-12)17(2,3)4/h6-9,11H,5,10H2,1-4H3. The largest absolute Gasteiger partial charge is 0.299 e. The van der Waals surface area contributed by atoms with E-state index in [0.29, 0.717) is 11.0 Å². The normalized spacial score (nSPS) is 11.7. The van der Waals surface area contributed by atoms with Crippen molar-refractivity contribution in [3.63, 3.8) is 0 Å². The Bertz CT molecular complexity index is 702.